The fourth-order valence-electron chi connectivity index (χ4n) is 3.32. The summed E-state index contributed by atoms with van der Waals surface area (Å²) in [5, 5.41) is 16.1. The van der Waals surface area contributed by atoms with Crippen LogP contribution in [0.2, 0.25) is 0 Å². The van der Waals surface area contributed by atoms with E-state index in [0.717, 1.165) is 10.6 Å². The number of benzene rings is 1. The number of hydrogen-bond donors (Lipinski definition) is 2. The molecule has 1 aromatic carbocycles. The zero-order valence-corrected chi connectivity index (χ0v) is 19.1. The van der Waals surface area contributed by atoms with Gasteiger partial charge in [-0.15, -0.1) is 0 Å². The highest BCUT2D eigenvalue weighted by molar-refractivity contribution is 7.92. The first-order valence-corrected chi connectivity index (χ1v) is 11.8. The molecule has 2 aliphatic rings. The number of fused-ring (bicyclic) bond motifs is 1. The summed E-state index contributed by atoms with van der Waals surface area (Å²) >= 11 is 0. The molecule has 16 heteroatoms. The number of carbonyl (C=O) groups excluding carboxylic acids is 2. The number of carboxylic acids is 2. The minimum absolute atomic E-state index is 0.00349. The number of rotatable bonds is 7. The van der Waals surface area contributed by atoms with Crippen molar-refractivity contribution in [1.82, 2.24) is 9.80 Å². The van der Waals surface area contributed by atoms with Gasteiger partial charge < -0.3 is 14.9 Å². The first-order chi connectivity index (χ1) is 16.1. The maximum Gasteiger partial charge on any atom is 0.490 e. The molecule has 2 heterocycles. The van der Waals surface area contributed by atoms with Crippen molar-refractivity contribution < 1.29 is 55.7 Å². The molecule has 12 nitrogen and oxygen atoms in total. The van der Waals surface area contributed by atoms with Crippen LogP contribution >= 0.6 is 0 Å². The van der Waals surface area contributed by atoms with Crippen LogP contribution in [0.25, 0.3) is 0 Å². The second kappa shape index (κ2) is 11.0. The minimum atomic E-state index is -5.08. The summed E-state index contributed by atoms with van der Waals surface area (Å²) < 4.78 is 63.0. The van der Waals surface area contributed by atoms with Crippen molar-refractivity contribution in [3.63, 3.8) is 0 Å². The zero-order valence-electron chi connectivity index (χ0n) is 18.3. The monoisotopic (exact) mass is 525 g/mol. The average molecular weight is 525 g/mol. The van der Waals surface area contributed by atoms with E-state index in [9.17, 15) is 36.0 Å². The third-order valence-electron chi connectivity index (χ3n) is 4.90. The van der Waals surface area contributed by atoms with E-state index in [1.54, 1.807) is 0 Å². The Morgan fingerprint density at radius 1 is 1.11 bits per heavy atom. The number of hydrogen-bond acceptors (Lipinski definition) is 8. The van der Waals surface area contributed by atoms with Gasteiger partial charge in [0.05, 0.1) is 36.3 Å². The molecule has 0 atom stereocenters. The van der Waals surface area contributed by atoms with Crippen LogP contribution in [-0.2, 0) is 24.3 Å². The Hall–Kier alpha value is -3.24. The molecule has 2 N–H and O–H groups in total. The van der Waals surface area contributed by atoms with Crippen molar-refractivity contribution in [3.05, 3.63) is 29.3 Å². The molecule has 1 aromatic rings. The maximum absolute atomic E-state index is 12.7. The molecule has 35 heavy (non-hydrogen) atoms. The summed E-state index contributed by atoms with van der Waals surface area (Å²) in [4.78, 5) is 47.7. The van der Waals surface area contributed by atoms with Gasteiger partial charge in [-0.25, -0.2) is 13.2 Å². The number of imide groups is 1. The second-order valence-corrected chi connectivity index (χ2v) is 9.29. The highest BCUT2D eigenvalue weighted by Crippen LogP contribution is 2.32. The number of nitrogens with zero attached hydrogens (tertiary/aromatic N) is 3. The van der Waals surface area contributed by atoms with Crippen LogP contribution in [0.5, 0.6) is 0 Å². The van der Waals surface area contributed by atoms with Crippen LogP contribution in [0.3, 0.4) is 0 Å². The molecule has 0 aromatic heterocycles. The third-order valence-corrected chi connectivity index (χ3v) is 6.08. The Morgan fingerprint density at radius 2 is 1.69 bits per heavy atom. The molecule has 3 rings (SSSR count). The Morgan fingerprint density at radius 3 is 2.17 bits per heavy atom. The van der Waals surface area contributed by atoms with Crippen LogP contribution in [-0.4, -0.2) is 111 Å². The second-order valence-electron chi connectivity index (χ2n) is 7.38. The van der Waals surface area contributed by atoms with Crippen molar-refractivity contribution in [3.8, 4) is 0 Å². The van der Waals surface area contributed by atoms with E-state index in [1.165, 1.54) is 18.2 Å². The van der Waals surface area contributed by atoms with Gasteiger partial charge in [-0.2, -0.15) is 13.2 Å². The molecule has 0 saturated carbocycles. The lowest BCUT2D eigenvalue weighted by molar-refractivity contribution is -0.192. The molecule has 194 valence electrons. The van der Waals surface area contributed by atoms with Gasteiger partial charge in [-0.1, -0.05) is 6.07 Å². The number of amides is 2. The van der Waals surface area contributed by atoms with Gasteiger partial charge in [0.15, 0.2) is 0 Å². The molecular weight excluding hydrogens is 503 g/mol. The van der Waals surface area contributed by atoms with Crippen molar-refractivity contribution in [2.24, 2.45) is 0 Å². The fourth-order valence-corrected chi connectivity index (χ4v) is 4.25. The Labute approximate surface area is 197 Å². The van der Waals surface area contributed by atoms with Crippen LogP contribution in [0, 0.1) is 0 Å². The summed E-state index contributed by atoms with van der Waals surface area (Å²) in [6.45, 7) is 2.23. The largest absolute Gasteiger partial charge is 0.490 e. The minimum Gasteiger partial charge on any atom is -0.480 e. The van der Waals surface area contributed by atoms with Gasteiger partial charge in [-0.3, -0.25) is 28.5 Å². The number of halogens is 3. The van der Waals surface area contributed by atoms with E-state index in [1.807, 2.05) is 0 Å². The molecule has 0 aliphatic carbocycles. The van der Waals surface area contributed by atoms with Crippen LogP contribution < -0.4 is 4.31 Å². The molecule has 0 spiro atoms. The Balaban J connectivity index is 0.000000540. The number of ether oxygens (including phenoxy) is 1. The summed E-state index contributed by atoms with van der Waals surface area (Å²) in [7, 11) is -3.74. The number of aliphatic carboxylic acids is 2. The molecule has 2 aliphatic heterocycles. The van der Waals surface area contributed by atoms with E-state index < -0.39 is 46.5 Å². The Kier molecular flexibility index (Phi) is 8.80. The predicted molar refractivity (Wildman–Crippen MR) is 113 cm³/mol. The molecular formula is C19H22F3N3O9S. The zero-order chi connectivity index (χ0) is 26.6. The van der Waals surface area contributed by atoms with E-state index in [0.29, 0.717) is 37.7 Å². The van der Waals surface area contributed by atoms with Gasteiger partial charge in [0.1, 0.15) is 6.54 Å². The number of carboxylic acid groups (broad SMARTS) is 2. The quantitative estimate of drug-likeness (QED) is 0.467. The van der Waals surface area contributed by atoms with E-state index in [-0.39, 0.29) is 23.4 Å². The van der Waals surface area contributed by atoms with Gasteiger partial charge in [-0.05, 0) is 12.1 Å². The number of carbonyl (C=O) groups is 4. The van der Waals surface area contributed by atoms with E-state index in [4.69, 9.17) is 19.7 Å². The number of morpholine rings is 1. The number of anilines is 1. The molecule has 1 saturated heterocycles. The van der Waals surface area contributed by atoms with Crippen LogP contribution in [0.15, 0.2) is 18.2 Å². The lowest BCUT2D eigenvalue weighted by Gasteiger charge is -2.30. The fraction of sp³-hybridized carbons (Fsp3) is 0.474. The predicted octanol–water partition coefficient (Wildman–Crippen LogP) is 0.0987. The SMILES string of the molecule is CS(=O)(=O)N(CCN1CCOCC1)c1cccc2c1C(=O)N(CC(=O)O)C2=O.O=C(O)C(F)(F)F. The standard InChI is InChI=1S/C17H21N3O7S.C2HF3O2/c1-28(25,26)20(6-5-18-7-9-27-10-8-18)13-4-2-3-12-15(13)17(24)19(16(12)23)11-14(21)22;3-2(4,5)1(6)7/h2-4H,5-11H2,1H3,(H,21,22);(H,6,7). The molecule has 1 fully saturated rings. The van der Waals surface area contributed by atoms with Crippen LogP contribution in [0.4, 0.5) is 18.9 Å². The maximum atomic E-state index is 12.7. The van der Waals surface area contributed by atoms with E-state index in [2.05, 4.69) is 4.90 Å². The summed E-state index contributed by atoms with van der Waals surface area (Å²) in [6.07, 6.45) is -4.05. The molecule has 0 unspecified atom stereocenters. The topological polar surface area (TPSA) is 162 Å². The van der Waals surface area contributed by atoms with Crippen LogP contribution in [0.1, 0.15) is 20.7 Å². The summed E-state index contributed by atoms with van der Waals surface area (Å²) in [6, 6.07) is 4.33. The van der Waals surface area contributed by atoms with Crippen molar-refractivity contribution in [1.29, 1.82) is 0 Å². The molecule has 0 bridgehead atoms. The molecule has 0 radical (unpaired) electrons. The first kappa shape index (κ1) is 28.0. The Bertz CT molecular complexity index is 1100. The number of sulfonamides is 1. The van der Waals surface area contributed by atoms with Gasteiger partial charge >= 0.3 is 18.1 Å². The normalized spacial score (nSPS) is 16.4. The van der Waals surface area contributed by atoms with Crippen molar-refractivity contribution >= 4 is 39.5 Å². The van der Waals surface area contributed by atoms with Crippen molar-refractivity contribution in [2.45, 2.75) is 6.18 Å². The summed E-state index contributed by atoms with van der Waals surface area (Å²) in [5.41, 5.74) is 0.00410. The lowest BCUT2D eigenvalue weighted by atomic mass is 10.1. The number of alkyl halides is 3. The van der Waals surface area contributed by atoms with Gasteiger partial charge in [0, 0.05) is 26.2 Å². The highest BCUT2D eigenvalue weighted by Gasteiger charge is 2.40. The van der Waals surface area contributed by atoms with Crippen molar-refractivity contribution in [2.75, 3.05) is 56.5 Å². The smallest absolute Gasteiger partial charge is 0.480 e. The third kappa shape index (κ3) is 7.12. The highest BCUT2D eigenvalue weighted by atomic mass is 32.2. The molecule has 2 amide bonds. The lowest BCUT2D eigenvalue weighted by Crippen LogP contribution is -2.43. The van der Waals surface area contributed by atoms with E-state index >= 15 is 0 Å². The average Bonchev–Trinajstić information content (AvgIpc) is 2.98. The first-order valence-electron chi connectivity index (χ1n) is 9.93. The summed E-state index contributed by atoms with van der Waals surface area (Å²) in [5.74, 6) is -5.64. The van der Waals surface area contributed by atoms with Gasteiger partial charge in [0.25, 0.3) is 11.8 Å². The van der Waals surface area contributed by atoms with Gasteiger partial charge in [0.2, 0.25) is 10.0 Å².